The SMILES string of the molecule is Cc1ccc(S(=O)(=O)N2CCN(C3CC3)C(=O)C2)c(C)c1. The number of rotatable bonds is 3. The molecule has 21 heavy (non-hydrogen) atoms. The maximum Gasteiger partial charge on any atom is 0.243 e. The van der Waals surface area contributed by atoms with Gasteiger partial charge in [0, 0.05) is 19.1 Å². The van der Waals surface area contributed by atoms with Crippen molar-refractivity contribution < 1.29 is 13.2 Å². The minimum Gasteiger partial charge on any atom is -0.337 e. The van der Waals surface area contributed by atoms with E-state index in [1.807, 2.05) is 17.9 Å². The molecule has 6 heteroatoms. The Labute approximate surface area is 125 Å². The summed E-state index contributed by atoms with van der Waals surface area (Å²) in [5.41, 5.74) is 1.76. The molecule has 1 aromatic carbocycles. The van der Waals surface area contributed by atoms with E-state index in [2.05, 4.69) is 0 Å². The number of amides is 1. The van der Waals surface area contributed by atoms with E-state index >= 15 is 0 Å². The summed E-state index contributed by atoms with van der Waals surface area (Å²) in [5, 5.41) is 0. The van der Waals surface area contributed by atoms with Crippen LogP contribution in [0.5, 0.6) is 0 Å². The fraction of sp³-hybridized carbons (Fsp3) is 0.533. The van der Waals surface area contributed by atoms with E-state index in [-0.39, 0.29) is 12.5 Å². The van der Waals surface area contributed by atoms with Gasteiger partial charge in [0.15, 0.2) is 0 Å². The first-order valence-corrected chi connectivity index (χ1v) is 8.70. The first kappa shape index (κ1) is 14.5. The Morgan fingerprint density at radius 3 is 2.43 bits per heavy atom. The van der Waals surface area contributed by atoms with Crippen LogP contribution in [0.25, 0.3) is 0 Å². The fourth-order valence-electron chi connectivity index (χ4n) is 2.87. The molecule has 1 aliphatic heterocycles. The van der Waals surface area contributed by atoms with Gasteiger partial charge in [-0.25, -0.2) is 8.42 Å². The highest BCUT2D eigenvalue weighted by atomic mass is 32.2. The van der Waals surface area contributed by atoms with E-state index in [0.29, 0.717) is 24.0 Å². The molecular weight excluding hydrogens is 288 g/mol. The lowest BCUT2D eigenvalue weighted by atomic mass is 10.2. The van der Waals surface area contributed by atoms with Crippen LogP contribution < -0.4 is 0 Å². The number of piperazine rings is 1. The quantitative estimate of drug-likeness (QED) is 0.845. The molecule has 1 heterocycles. The molecule has 0 spiro atoms. The fourth-order valence-corrected chi connectivity index (χ4v) is 4.46. The predicted molar refractivity (Wildman–Crippen MR) is 79.4 cm³/mol. The van der Waals surface area contributed by atoms with Gasteiger partial charge in [0.1, 0.15) is 0 Å². The molecular formula is C15H20N2O3S. The first-order valence-electron chi connectivity index (χ1n) is 7.26. The van der Waals surface area contributed by atoms with Crippen molar-refractivity contribution in [2.45, 2.75) is 37.6 Å². The molecule has 0 bridgehead atoms. The van der Waals surface area contributed by atoms with E-state index in [9.17, 15) is 13.2 Å². The van der Waals surface area contributed by atoms with Crippen LogP contribution in [0.4, 0.5) is 0 Å². The van der Waals surface area contributed by atoms with E-state index in [4.69, 9.17) is 0 Å². The van der Waals surface area contributed by atoms with Crippen molar-refractivity contribution in [1.29, 1.82) is 0 Å². The second kappa shape index (κ2) is 5.10. The zero-order chi connectivity index (χ0) is 15.2. The van der Waals surface area contributed by atoms with Gasteiger partial charge in [-0.15, -0.1) is 0 Å². The number of hydrogen-bond donors (Lipinski definition) is 0. The molecule has 0 atom stereocenters. The second-order valence-corrected chi connectivity index (χ2v) is 7.83. The summed E-state index contributed by atoms with van der Waals surface area (Å²) in [4.78, 5) is 14.3. The summed E-state index contributed by atoms with van der Waals surface area (Å²) < 4.78 is 26.7. The molecule has 1 aliphatic carbocycles. The maximum absolute atomic E-state index is 12.7. The van der Waals surface area contributed by atoms with Crippen LogP contribution in [0.1, 0.15) is 24.0 Å². The average molecular weight is 308 g/mol. The predicted octanol–water partition coefficient (Wildman–Crippen LogP) is 1.30. The van der Waals surface area contributed by atoms with Crippen LogP contribution in [0.2, 0.25) is 0 Å². The number of sulfonamides is 1. The van der Waals surface area contributed by atoms with Crippen molar-refractivity contribution in [3.05, 3.63) is 29.3 Å². The zero-order valence-corrected chi connectivity index (χ0v) is 13.2. The monoisotopic (exact) mass is 308 g/mol. The normalized spacial score (nSPS) is 20.9. The Bertz CT molecular complexity index is 680. The van der Waals surface area contributed by atoms with E-state index in [1.54, 1.807) is 19.1 Å². The number of carbonyl (C=O) groups is 1. The van der Waals surface area contributed by atoms with Gasteiger partial charge in [0.25, 0.3) is 0 Å². The minimum absolute atomic E-state index is 0.0356. The third-order valence-corrected chi connectivity index (χ3v) is 6.16. The van der Waals surface area contributed by atoms with Crippen molar-refractivity contribution in [3.8, 4) is 0 Å². The Morgan fingerprint density at radius 2 is 1.86 bits per heavy atom. The number of nitrogens with zero attached hydrogens (tertiary/aromatic N) is 2. The molecule has 0 unspecified atom stereocenters. The lowest BCUT2D eigenvalue weighted by molar-refractivity contribution is -0.134. The number of hydrogen-bond acceptors (Lipinski definition) is 3. The number of benzene rings is 1. The van der Waals surface area contributed by atoms with E-state index in [0.717, 1.165) is 24.0 Å². The molecule has 114 valence electrons. The van der Waals surface area contributed by atoms with Crippen molar-refractivity contribution in [2.75, 3.05) is 19.6 Å². The molecule has 2 aliphatic rings. The van der Waals surface area contributed by atoms with Crippen LogP contribution >= 0.6 is 0 Å². The van der Waals surface area contributed by atoms with Crippen LogP contribution in [0, 0.1) is 13.8 Å². The van der Waals surface area contributed by atoms with Gasteiger partial charge in [-0.2, -0.15) is 4.31 Å². The Kier molecular flexibility index (Phi) is 3.53. The molecule has 1 aromatic rings. The van der Waals surface area contributed by atoms with Gasteiger partial charge >= 0.3 is 0 Å². The summed E-state index contributed by atoms with van der Waals surface area (Å²) in [6.45, 7) is 4.58. The van der Waals surface area contributed by atoms with Gasteiger partial charge in [0.05, 0.1) is 11.4 Å². The average Bonchev–Trinajstić information content (AvgIpc) is 3.22. The summed E-state index contributed by atoms with van der Waals surface area (Å²) in [6.07, 6.45) is 2.10. The van der Waals surface area contributed by atoms with Gasteiger partial charge in [0.2, 0.25) is 15.9 Å². The van der Waals surface area contributed by atoms with Crippen molar-refractivity contribution in [1.82, 2.24) is 9.21 Å². The Balaban J connectivity index is 1.83. The summed E-state index contributed by atoms with van der Waals surface area (Å²) >= 11 is 0. The summed E-state index contributed by atoms with van der Waals surface area (Å²) in [6, 6.07) is 5.64. The van der Waals surface area contributed by atoms with Gasteiger partial charge in [-0.1, -0.05) is 17.7 Å². The van der Waals surface area contributed by atoms with Crippen LogP contribution in [-0.4, -0.2) is 49.2 Å². The van der Waals surface area contributed by atoms with E-state index < -0.39 is 10.0 Å². The van der Waals surface area contributed by atoms with E-state index in [1.165, 1.54) is 4.31 Å². The van der Waals surface area contributed by atoms with Crippen LogP contribution in [0.3, 0.4) is 0 Å². The molecule has 3 rings (SSSR count). The Hall–Kier alpha value is -1.40. The summed E-state index contributed by atoms with van der Waals surface area (Å²) in [5.74, 6) is -0.0721. The molecule has 0 radical (unpaired) electrons. The topological polar surface area (TPSA) is 57.7 Å². The Morgan fingerprint density at radius 1 is 1.14 bits per heavy atom. The molecule has 0 N–H and O–H groups in total. The summed E-state index contributed by atoms with van der Waals surface area (Å²) in [7, 11) is -3.59. The number of aryl methyl sites for hydroxylation is 2. The maximum atomic E-state index is 12.7. The van der Waals surface area contributed by atoms with Gasteiger partial charge in [-0.3, -0.25) is 4.79 Å². The van der Waals surface area contributed by atoms with Crippen molar-refractivity contribution >= 4 is 15.9 Å². The van der Waals surface area contributed by atoms with Crippen molar-refractivity contribution in [2.24, 2.45) is 0 Å². The molecule has 1 saturated heterocycles. The highest BCUT2D eigenvalue weighted by molar-refractivity contribution is 7.89. The largest absolute Gasteiger partial charge is 0.337 e. The van der Waals surface area contributed by atoms with Gasteiger partial charge < -0.3 is 4.90 Å². The smallest absolute Gasteiger partial charge is 0.243 e. The lowest BCUT2D eigenvalue weighted by Crippen LogP contribution is -2.52. The highest BCUT2D eigenvalue weighted by Crippen LogP contribution is 2.29. The second-order valence-electron chi connectivity index (χ2n) is 5.93. The minimum atomic E-state index is -3.59. The third kappa shape index (κ3) is 2.70. The zero-order valence-electron chi connectivity index (χ0n) is 12.4. The van der Waals surface area contributed by atoms with Gasteiger partial charge in [-0.05, 0) is 38.3 Å². The van der Waals surface area contributed by atoms with Crippen LogP contribution in [-0.2, 0) is 14.8 Å². The standard InChI is InChI=1S/C15H20N2O3S/c1-11-3-6-14(12(2)9-11)21(19,20)16-7-8-17(13-4-5-13)15(18)10-16/h3,6,9,13H,4-5,7-8,10H2,1-2H3. The molecule has 5 nitrogen and oxygen atoms in total. The third-order valence-electron chi connectivity index (χ3n) is 4.16. The van der Waals surface area contributed by atoms with Crippen LogP contribution in [0.15, 0.2) is 23.1 Å². The molecule has 0 aromatic heterocycles. The van der Waals surface area contributed by atoms with Crippen molar-refractivity contribution in [3.63, 3.8) is 0 Å². The number of carbonyl (C=O) groups excluding carboxylic acids is 1. The first-order chi connectivity index (χ1) is 9.89. The highest BCUT2D eigenvalue weighted by Gasteiger charge is 2.39. The lowest BCUT2D eigenvalue weighted by Gasteiger charge is -2.34. The molecule has 2 fully saturated rings. The molecule has 1 saturated carbocycles. The molecule has 1 amide bonds.